The molecule has 0 spiro atoms. The molecular formula is C28H24BrClN2O6S. The van der Waals surface area contributed by atoms with Crippen molar-refractivity contribution < 1.29 is 28.6 Å². The molecule has 0 aromatic heterocycles. The fourth-order valence-corrected chi connectivity index (χ4v) is 4.99. The molecule has 1 heterocycles. The Kier molecular flexibility index (Phi) is 9.55. The summed E-state index contributed by atoms with van der Waals surface area (Å²) in [5, 5.41) is 2.80. The molecule has 0 saturated carbocycles. The molecule has 0 atom stereocenters. The summed E-state index contributed by atoms with van der Waals surface area (Å²) < 4.78 is 17.4. The van der Waals surface area contributed by atoms with Gasteiger partial charge in [0, 0.05) is 15.2 Å². The Balaban J connectivity index is 1.43. The smallest absolute Gasteiger partial charge is 0.294 e. The van der Waals surface area contributed by atoms with Crippen LogP contribution in [0, 0.1) is 0 Å². The quantitative estimate of drug-likeness (QED) is 0.247. The van der Waals surface area contributed by atoms with Gasteiger partial charge < -0.3 is 19.5 Å². The van der Waals surface area contributed by atoms with E-state index in [0.29, 0.717) is 51.2 Å². The highest BCUT2D eigenvalue weighted by Crippen LogP contribution is 2.38. The lowest BCUT2D eigenvalue weighted by Gasteiger charge is -2.14. The molecule has 11 heteroatoms. The minimum absolute atomic E-state index is 0.187. The van der Waals surface area contributed by atoms with Crippen LogP contribution in [0.1, 0.15) is 18.1 Å². The standard InChI is InChI=1S/C28H24BrClN2O6S/c1-3-37-21-10-8-20(9-11-21)31-26(33)15-32-27(34)25(39-28(32)35)13-18-12-23(36-2)24(14-22(18)29)38-16-17-4-6-19(30)7-5-17/h4-14H,3,15-16H2,1-2H3,(H,31,33)/b25-13+. The Bertz CT molecular complexity index is 1410. The fraction of sp³-hybridized carbons (Fsp3) is 0.179. The lowest BCUT2D eigenvalue weighted by Crippen LogP contribution is -2.36. The number of hydrogen-bond donors (Lipinski definition) is 1. The third-order valence-corrected chi connectivity index (χ3v) is 7.35. The van der Waals surface area contributed by atoms with Crippen molar-refractivity contribution in [2.45, 2.75) is 13.5 Å². The van der Waals surface area contributed by atoms with Crippen molar-refractivity contribution in [3.05, 3.63) is 86.2 Å². The van der Waals surface area contributed by atoms with E-state index in [-0.39, 0.29) is 4.91 Å². The number of rotatable bonds is 10. The lowest BCUT2D eigenvalue weighted by molar-refractivity contribution is -0.127. The largest absolute Gasteiger partial charge is 0.494 e. The first-order valence-electron chi connectivity index (χ1n) is 11.8. The number of ether oxygens (including phenoxy) is 3. The van der Waals surface area contributed by atoms with Gasteiger partial charge in [-0.25, -0.2) is 0 Å². The normalized spacial score (nSPS) is 14.1. The summed E-state index contributed by atoms with van der Waals surface area (Å²) >= 11 is 10.2. The van der Waals surface area contributed by atoms with E-state index in [1.54, 1.807) is 54.6 Å². The number of thioether (sulfide) groups is 1. The molecule has 3 amide bonds. The molecular weight excluding hydrogens is 608 g/mol. The Labute approximate surface area is 243 Å². The average molecular weight is 632 g/mol. The van der Waals surface area contributed by atoms with Crippen LogP contribution in [-0.4, -0.2) is 42.2 Å². The van der Waals surface area contributed by atoms with E-state index in [1.165, 1.54) is 7.11 Å². The number of halogens is 2. The maximum atomic E-state index is 13.0. The molecule has 1 aliphatic heterocycles. The van der Waals surface area contributed by atoms with Gasteiger partial charge in [0.2, 0.25) is 5.91 Å². The number of carbonyl (C=O) groups excluding carboxylic acids is 3. The van der Waals surface area contributed by atoms with Crippen molar-refractivity contribution in [3.8, 4) is 17.2 Å². The van der Waals surface area contributed by atoms with E-state index in [1.807, 2.05) is 19.1 Å². The molecule has 0 unspecified atom stereocenters. The summed E-state index contributed by atoms with van der Waals surface area (Å²) in [6.07, 6.45) is 1.57. The number of imide groups is 1. The second-order valence-electron chi connectivity index (χ2n) is 8.21. The monoisotopic (exact) mass is 630 g/mol. The summed E-state index contributed by atoms with van der Waals surface area (Å²) in [4.78, 5) is 39.2. The van der Waals surface area contributed by atoms with Gasteiger partial charge in [0.05, 0.1) is 18.6 Å². The number of benzene rings is 3. The van der Waals surface area contributed by atoms with Crippen LogP contribution < -0.4 is 19.5 Å². The third-order valence-electron chi connectivity index (χ3n) is 5.50. The molecule has 3 aromatic carbocycles. The number of anilines is 1. The van der Waals surface area contributed by atoms with Crippen LogP contribution in [0.5, 0.6) is 17.2 Å². The summed E-state index contributed by atoms with van der Waals surface area (Å²) in [7, 11) is 1.51. The number of nitrogens with zero attached hydrogens (tertiary/aromatic N) is 1. The van der Waals surface area contributed by atoms with Gasteiger partial charge in [-0.2, -0.15) is 0 Å². The predicted octanol–water partition coefficient (Wildman–Crippen LogP) is 6.76. The van der Waals surface area contributed by atoms with E-state index < -0.39 is 23.6 Å². The van der Waals surface area contributed by atoms with E-state index in [9.17, 15) is 14.4 Å². The summed E-state index contributed by atoms with van der Waals surface area (Å²) in [5.74, 6) is 0.576. The van der Waals surface area contributed by atoms with Crippen LogP contribution in [0.3, 0.4) is 0 Å². The first kappa shape index (κ1) is 28.5. The van der Waals surface area contributed by atoms with Crippen molar-refractivity contribution in [1.29, 1.82) is 0 Å². The van der Waals surface area contributed by atoms with Gasteiger partial charge in [-0.1, -0.05) is 39.7 Å². The number of methoxy groups -OCH3 is 1. The minimum Gasteiger partial charge on any atom is -0.494 e. The van der Waals surface area contributed by atoms with Crippen molar-refractivity contribution in [3.63, 3.8) is 0 Å². The van der Waals surface area contributed by atoms with Gasteiger partial charge in [0.25, 0.3) is 11.1 Å². The number of carbonyl (C=O) groups is 3. The van der Waals surface area contributed by atoms with Crippen LogP contribution in [0.15, 0.2) is 70.0 Å². The maximum absolute atomic E-state index is 13.0. The van der Waals surface area contributed by atoms with E-state index in [0.717, 1.165) is 22.2 Å². The topological polar surface area (TPSA) is 94.2 Å². The van der Waals surface area contributed by atoms with Gasteiger partial charge in [0.15, 0.2) is 11.5 Å². The summed E-state index contributed by atoms with van der Waals surface area (Å²) in [6.45, 7) is 2.31. The van der Waals surface area contributed by atoms with E-state index in [2.05, 4.69) is 21.2 Å². The maximum Gasteiger partial charge on any atom is 0.294 e. The SMILES string of the molecule is CCOc1ccc(NC(=O)CN2C(=O)S/C(=C/c3cc(OC)c(OCc4ccc(Cl)cc4)cc3Br)C2=O)cc1. The molecule has 39 heavy (non-hydrogen) atoms. The zero-order valence-corrected chi connectivity index (χ0v) is 24.2. The van der Waals surface area contributed by atoms with Crippen molar-refractivity contribution >= 4 is 68.1 Å². The Morgan fingerprint density at radius 1 is 1.05 bits per heavy atom. The number of hydrogen-bond acceptors (Lipinski definition) is 7. The van der Waals surface area contributed by atoms with Crippen LogP contribution in [0.4, 0.5) is 10.5 Å². The average Bonchev–Trinajstić information content (AvgIpc) is 3.18. The Morgan fingerprint density at radius 2 is 1.77 bits per heavy atom. The molecule has 8 nitrogen and oxygen atoms in total. The molecule has 0 bridgehead atoms. The van der Waals surface area contributed by atoms with Crippen LogP contribution in [-0.2, 0) is 16.2 Å². The molecule has 1 fully saturated rings. The lowest BCUT2D eigenvalue weighted by atomic mass is 10.1. The van der Waals surface area contributed by atoms with Gasteiger partial charge in [0.1, 0.15) is 18.9 Å². The van der Waals surface area contributed by atoms with Crippen LogP contribution in [0.25, 0.3) is 6.08 Å². The van der Waals surface area contributed by atoms with E-state index in [4.69, 9.17) is 25.8 Å². The highest BCUT2D eigenvalue weighted by atomic mass is 79.9. The highest BCUT2D eigenvalue weighted by molar-refractivity contribution is 9.10. The van der Waals surface area contributed by atoms with Crippen molar-refractivity contribution in [2.75, 3.05) is 25.6 Å². The van der Waals surface area contributed by atoms with Crippen molar-refractivity contribution in [2.24, 2.45) is 0 Å². The predicted molar refractivity (Wildman–Crippen MR) is 155 cm³/mol. The van der Waals surface area contributed by atoms with Gasteiger partial charge >= 0.3 is 0 Å². The van der Waals surface area contributed by atoms with Gasteiger partial charge in [-0.15, -0.1) is 0 Å². The second kappa shape index (κ2) is 13.1. The zero-order valence-electron chi connectivity index (χ0n) is 21.0. The molecule has 0 radical (unpaired) electrons. The number of amides is 3. The fourth-order valence-electron chi connectivity index (χ4n) is 3.60. The van der Waals surface area contributed by atoms with Crippen LogP contribution in [0.2, 0.25) is 5.02 Å². The van der Waals surface area contributed by atoms with Gasteiger partial charge in [-0.3, -0.25) is 19.3 Å². The van der Waals surface area contributed by atoms with Crippen molar-refractivity contribution in [1.82, 2.24) is 4.90 Å². The Morgan fingerprint density at radius 3 is 2.44 bits per heavy atom. The first-order chi connectivity index (χ1) is 18.8. The first-order valence-corrected chi connectivity index (χ1v) is 13.8. The molecule has 1 aliphatic rings. The summed E-state index contributed by atoms with van der Waals surface area (Å²) in [5.41, 5.74) is 2.07. The minimum atomic E-state index is -0.555. The molecule has 202 valence electrons. The molecule has 1 saturated heterocycles. The molecule has 4 rings (SSSR count). The van der Waals surface area contributed by atoms with E-state index >= 15 is 0 Å². The summed E-state index contributed by atoms with van der Waals surface area (Å²) in [6, 6.07) is 17.6. The molecule has 1 N–H and O–H groups in total. The van der Waals surface area contributed by atoms with Gasteiger partial charge in [-0.05, 0) is 84.4 Å². The number of nitrogens with one attached hydrogen (secondary N) is 1. The van der Waals surface area contributed by atoms with Crippen LogP contribution >= 0.6 is 39.3 Å². The molecule has 3 aromatic rings. The highest BCUT2D eigenvalue weighted by Gasteiger charge is 2.36. The second-order valence-corrected chi connectivity index (χ2v) is 10.5. The zero-order chi connectivity index (χ0) is 27.9. The Hall–Kier alpha value is -3.47. The molecule has 0 aliphatic carbocycles. The third kappa shape index (κ3) is 7.35.